The Balaban J connectivity index is 1.57. The number of hydrogen-bond donors (Lipinski definition) is 0. The van der Waals surface area contributed by atoms with E-state index in [9.17, 15) is 4.79 Å². The van der Waals surface area contributed by atoms with Crippen LogP contribution in [0.4, 0.5) is 0 Å². The summed E-state index contributed by atoms with van der Waals surface area (Å²) in [6.07, 6.45) is 1.79. The molecule has 0 bridgehead atoms. The molecule has 0 spiro atoms. The van der Waals surface area contributed by atoms with E-state index in [0.717, 1.165) is 11.3 Å². The summed E-state index contributed by atoms with van der Waals surface area (Å²) < 4.78 is 1.59. The number of nitrogens with zero attached hydrogens (tertiary/aromatic N) is 6. The van der Waals surface area contributed by atoms with Gasteiger partial charge in [-0.25, -0.2) is 4.68 Å². The first-order valence-electron chi connectivity index (χ1n) is 8.23. The monoisotopic (exact) mass is 334 g/mol. The van der Waals surface area contributed by atoms with Crippen LogP contribution in [0.2, 0.25) is 0 Å². The van der Waals surface area contributed by atoms with E-state index in [-0.39, 0.29) is 11.8 Å². The van der Waals surface area contributed by atoms with Gasteiger partial charge in [0.1, 0.15) is 5.82 Å². The summed E-state index contributed by atoms with van der Waals surface area (Å²) in [6, 6.07) is 15.0. The van der Waals surface area contributed by atoms with Crippen molar-refractivity contribution >= 4 is 5.91 Å². The molecule has 1 fully saturated rings. The van der Waals surface area contributed by atoms with E-state index < -0.39 is 6.04 Å². The number of likely N-dealkylation sites (tertiary alicyclic amines) is 1. The second kappa shape index (κ2) is 6.43. The van der Waals surface area contributed by atoms with E-state index in [2.05, 4.69) is 20.5 Å². The summed E-state index contributed by atoms with van der Waals surface area (Å²) in [5.41, 5.74) is 1.91. The van der Waals surface area contributed by atoms with Crippen molar-refractivity contribution in [3.63, 3.8) is 0 Å². The van der Waals surface area contributed by atoms with Gasteiger partial charge in [0, 0.05) is 30.9 Å². The Morgan fingerprint density at radius 3 is 2.52 bits per heavy atom. The average molecular weight is 334 g/mol. The minimum absolute atomic E-state index is 0.00813. The molecule has 1 aliphatic heterocycles. The fourth-order valence-electron chi connectivity index (χ4n) is 3.14. The lowest BCUT2D eigenvalue weighted by Gasteiger charge is -2.40. The molecular formula is C18H18N6O. The number of rotatable bonds is 4. The maximum absolute atomic E-state index is 13.1. The van der Waals surface area contributed by atoms with E-state index in [1.165, 1.54) is 0 Å². The summed E-state index contributed by atoms with van der Waals surface area (Å²) in [5, 5.41) is 11.7. The summed E-state index contributed by atoms with van der Waals surface area (Å²) in [5.74, 6) is 0.911. The van der Waals surface area contributed by atoms with Gasteiger partial charge in [-0.05, 0) is 35.0 Å². The Morgan fingerprint density at radius 2 is 1.88 bits per heavy atom. The van der Waals surface area contributed by atoms with Crippen molar-refractivity contribution in [2.45, 2.75) is 18.9 Å². The van der Waals surface area contributed by atoms with Crippen molar-refractivity contribution < 1.29 is 4.79 Å². The van der Waals surface area contributed by atoms with Gasteiger partial charge in [-0.15, -0.1) is 5.10 Å². The van der Waals surface area contributed by atoms with Gasteiger partial charge in [-0.3, -0.25) is 9.78 Å². The minimum Gasteiger partial charge on any atom is -0.339 e. The maximum atomic E-state index is 13.1. The van der Waals surface area contributed by atoms with E-state index in [1.54, 1.807) is 17.8 Å². The molecule has 0 aliphatic carbocycles. The molecule has 3 heterocycles. The molecule has 1 aliphatic rings. The predicted octanol–water partition coefficient (Wildman–Crippen LogP) is 1.59. The van der Waals surface area contributed by atoms with Crippen molar-refractivity contribution in [3.05, 3.63) is 71.8 Å². The van der Waals surface area contributed by atoms with Crippen LogP contribution in [0.25, 0.3) is 0 Å². The first-order valence-corrected chi connectivity index (χ1v) is 8.23. The highest BCUT2D eigenvalue weighted by atomic mass is 16.2. The second-order valence-electron chi connectivity index (χ2n) is 6.18. The van der Waals surface area contributed by atoms with Crippen LogP contribution in [0.15, 0.2) is 54.7 Å². The van der Waals surface area contributed by atoms with Crippen LogP contribution in [0.3, 0.4) is 0 Å². The van der Waals surface area contributed by atoms with Gasteiger partial charge >= 0.3 is 0 Å². The molecular weight excluding hydrogens is 316 g/mol. The number of aromatic nitrogens is 5. The number of pyridine rings is 1. The van der Waals surface area contributed by atoms with Crippen molar-refractivity contribution in [3.8, 4) is 0 Å². The summed E-state index contributed by atoms with van der Waals surface area (Å²) >= 11 is 0. The molecule has 2 aromatic heterocycles. The predicted molar refractivity (Wildman–Crippen MR) is 90.7 cm³/mol. The zero-order chi connectivity index (χ0) is 17.2. The molecule has 0 radical (unpaired) electrons. The zero-order valence-electron chi connectivity index (χ0n) is 13.9. The summed E-state index contributed by atoms with van der Waals surface area (Å²) in [4.78, 5) is 19.4. The second-order valence-corrected chi connectivity index (χ2v) is 6.18. The van der Waals surface area contributed by atoms with Gasteiger partial charge in [-0.2, -0.15) is 0 Å². The number of carbonyl (C=O) groups excluding carboxylic acids is 1. The number of carbonyl (C=O) groups is 1. The van der Waals surface area contributed by atoms with Gasteiger partial charge in [0.2, 0.25) is 0 Å². The molecule has 25 heavy (non-hydrogen) atoms. The number of amides is 1. The van der Waals surface area contributed by atoms with Crippen LogP contribution in [0.5, 0.6) is 0 Å². The zero-order valence-corrected chi connectivity index (χ0v) is 13.9. The molecule has 126 valence electrons. The first-order chi connectivity index (χ1) is 12.2. The first kappa shape index (κ1) is 15.4. The van der Waals surface area contributed by atoms with Crippen LogP contribution < -0.4 is 0 Å². The van der Waals surface area contributed by atoms with Crippen molar-refractivity contribution in [1.82, 2.24) is 30.1 Å². The Hall–Kier alpha value is -3.09. The standard InChI is InChI=1S/C18H18N6O/c1-13-20-21-22-24(13)17(14-7-3-2-4-8-14)18(25)23-11-15(12-23)16-9-5-6-10-19-16/h2-10,15,17H,11-12H2,1H3/t17-/m0/s1. The van der Waals surface area contributed by atoms with Crippen molar-refractivity contribution in [1.29, 1.82) is 0 Å². The van der Waals surface area contributed by atoms with Gasteiger partial charge in [0.25, 0.3) is 5.91 Å². The van der Waals surface area contributed by atoms with Gasteiger partial charge < -0.3 is 4.90 Å². The quantitative estimate of drug-likeness (QED) is 0.724. The molecule has 0 N–H and O–H groups in total. The number of aryl methyl sites for hydroxylation is 1. The van der Waals surface area contributed by atoms with Crippen LogP contribution >= 0.6 is 0 Å². The molecule has 1 atom stereocenters. The lowest BCUT2D eigenvalue weighted by atomic mass is 9.93. The lowest BCUT2D eigenvalue weighted by molar-refractivity contribution is -0.138. The van der Waals surface area contributed by atoms with E-state index in [0.29, 0.717) is 18.9 Å². The van der Waals surface area contributed by atoms with Gasteiger partial charge in [0.15, 0.2) is 6.04 Å². The topological polar surface area (TPSA) is 76.8 Å². The van der Waals surface area contributed by atoms with Crippen LogP contribution in [0, 0.1) is 6.92 Å². The van der Waals surface area contributed by atoms with E-state index in [4.69, 9.17) is 0 Å². The lowest BCUT2D eigenvalue weighted by Crippen LogP contribution is -2.51. The average Bonchev–Trinajstić information content (AvgIpc) is 3.02. The highest BCUT2D eigenvalue weighted by Crippen LogP contribution is 2.30. The molecule has 3 aromatic rings. The highest BCUT2D eigenvalue weighted by molar-refractivity contribution is 5.84. The molecule has 7 heteroatoms. The fraction of sp³-hybridized carbons (Fsp3) is 0.278. The molecule has 4 rings (SSSR count). The molecule has 1 amide bonds. The molecule has 0 unspecified atom stereocenters. The molecule has 0 saturated carbocycles. The van der Waals surface area contributed by atoms with Crippen molar-refractivity contribution in [2.24, 2.45) is 0 Å². The Bertz CT molecular complexity index is 858. The smallest absolute Gasteiger partial charge is 0.252 e. The van der Waals surface area contributed by atoms with Crippen LogP contribution in [0.1, 0.15) is 29.0 Å². The highest BCUT2D eigenvalue weighted by Gasteiger charge is 2.38. The van der Waals surface area contributed by atoms with Gasteiger partial charge in [-0.1, -0.05) is 36.4 Å². The number of tetrazole rings is 1. The molecule has 7 nitrogen and oxygen atoms in total. The van der Waals surface area contributed by atoms with E-state index in [1.807, 2.05) is 53.4 Å². The summed E-state index contributed by atoms with van der Waals surface area (Å²) in [7, 11) is 0. The normalized spacial score (nSPS) is 15.6. The molecule has 1 saturated heterocycles. The van der Waals surface area contributed by atoms with Crippen molar-refractivity contribution in [2.75, 3.05) is 13.1 Å². The Kier molecular flexibility index (Phi) is 3.97. The third kappa shape index (κ3) is 2.88. The van der Waals surface area contributed by atoms with Crippen LogP contribution in [-0.4, -0.2) is 49.1 Å². The van der Waals surface area contributed by atoms with Crippen LogP contribution in [-0.2, 0) is 4.79 Å². The Labute approximate surface area is 145 Å². The third-order valence-electron chi connectivity index (χ3n) is 4.55. The SMILES string of the molecule is Cc1nnnn1[C@H](C(=O)N1CC(c2ccccn2)C1)c1ccccc1. The minimum atomic E-state index is -0.541. The Morgan fingerprint density at radius 1 is 1.12 bits per heavy atom. The maximum Gasteiger partial charge on any atom is 0.252 e. The van der Waals surface area contributed by atoms with Gasteiger partial charge in [0.05, 0.1) is 0 Å². The largest absolute Gasteiger partial charge is 0.339 e. The van der Waals surface area contributed by atoms with E-state index >= 15 is 0 Å². The third-order valence-corrected chi connectivity index (χ3v) is 4.55. The summed E-state index contributed by atoms with van der Waals surface area (Å²) in [6.45, 7) is 3.14. The fourth-order valence-corrected chi connectivity index (χ4v) is 3.14. The molecule has 1 aromatic carbocycles. The number of benzene rings is 1. The number of hydrogen-bond acceptors (Lipinski definition) is 5.